The van der Waals surface area contributed by atoms with Crippen LogP contribution < -0.4 is 10.6 Å². The van der Waals surface area contributed by atoms with E-state index in [2.05, 4.69) is 56.8 Å². The molecule has 0 aromatic carbocycles. The lowest BCUT2D eigenvalue weighted by Gasteiger charge is -2.10. The lowest BCUT2D eigenvalue weighted by Crippen LogP contribution is -2.38. The van der Waals surface area contributed by atoms with Crippen LogP contribution in [0.4, 0.5) is 0 Å². The summed E-state index contributed by atoms with van der Waals surface area (Å²) >= 11 is 1.82. The summed E-state index contributed by atoms with van der Waals surface area (Å²) in [6.45, 7) is 6.45. The molecule has 27 heavy (non-hydrogen) atoms. The van der Waals surface area contributed by atoms with Crippen LogP contribution in [0.2, 0.25) is 0 Å². The standard InChI is InChI=1S/C18H24N6OS.HI/c1-3-13-7-8-14(26-13)12-21-18(19-4-2)20-10-9-16-22-17(24-23-16)15-6-5-11-25-15;/h5-8,11H,3-4,9-10,12H2,1-2H3,(H2,19,20,21)(H,22,23,24);1H. The predicted octanol–water partition coefficient (Wildman–Crippen LogP) is 3.60. The zero-order valence-electron chi connectivity index (χ0n) is 15.5. The van der Waals surface area contributed by atoms with E-state index < -0.39 is 0 Å². The highest BCUT2D eigenvalue weighted by atomic mass is 127. The average Bonchev–Trinajstić information content (AvgIpc) is 3.40. The summed E-state index contributed by atoms with van der Waals surface area (Å²) in [7, 11) is 0. The number of guanidine groups is 1. The summed E-state index contributed by atoms with van der Waals surface area (Å²) < 4.78 is 5.30. The Morgan fingerprint density at radius 2 is 2.07 bits per heavy atom. The van der Waals surface area contributed by atoms with Crippen molar-refractivity contribution in [3.05, 3.63) is 46.1 Å². The third-order valence-corrected chi connectivity index (χ3v) is 4.94. The SMILES string of the molecule is CCNC(=NCc1ccc(CC)s1)NCCc1nc(-c2ccco2)n[nH]1.I. The minimum atomic E-state index is 0. The molecule has 0 radical (unpaired) electrons. The minimum Gasteiger partial charge on any atom is -0.461 e. The van der Waals surface area contributed by atoms with Gasteiger partial charge < -0.3 is 15.1 Å². The number of H-pyrrole nitrogens is 1. The molecule has 3 aromatic heterocycles. The Morgan fingerprint density at radius 1 is 1.22 bits per heavy atom. The van der Waals surface area contributed by atoms with Crippen LogP contribution in [-0.4, -0.2) is 34.2 Å². The highest BCUT2D eigenvalue weighted by molar-refractivity contribution is 14.0. The molecule has 3 rings (SSSR count). The quantitative estimate of drug-likeness (QED) is 0.250. The first-order valence-corrected chi connectivity index (χ1v) is 9.65. The lowest BCUT2D eigenvalue weighted by atomic mass is 10.4. The summed E-state index contributed by atoms with van der Waals surface area (Å²) in [5, 5.41) is 13.7. The van der Waals surface area contributed by atoms with Gasteiger partial charge in [-0.15, -0.1) is 35.3 Å². The molecule has 0 saturated carbocycles. The van der Waals surface area contributed by atoms with E-state index in [1.54, 1.807) is 6.26 Å². The number of aliphatic imine (C=N–C) groups is 1. The smallest absolute Gasteiger partial charge is 0.216 e. The van der Waals surface area contributed by atoms with E-state index in [1.165, 1.54) is 9.75 Å². The summed E-state index contributed by atoms with van der Waals surface area (Å²) in [6.07, 6.45) is 3.41. The molecule has 3 aromatic rings. The Labute approximate surface area is 180 Å². The number of thiophene rings is 1. The third-order valence-electron chi connectivity index (χ3n) is 3.73. The Hall–Kier alpha value is -1.88. The van der Waals surface area contributed by atoms with Gasteiger partial charge >= 0.3 is 0 Å². The van der Waals surface area contributed by atoms with Gasteiger partial charge in [-0.3, -0.25) is 5.10 Å². The van der Waals surface area contributed by atoms with Gasteiger partial charge in [-0.25, -0.2) is 9.98 Å². The van der Waals surface area contributed by atoms with Crippen molar-refractivity contribution in [2.45, 2.75) is 33.2 Å². The second-order valence-electron chi connectivity index (χ2n) is 5.68. The number of halogens is 1. The number of aryl methyl sites for hydroxylation is 1. The number of nitrogens with zero attached hydrogens (tertiary/aromatic N) is 3. The molecule has 3 N–H and O–H groups in total. The van der Waals surface area contributed by atoms with Gasteiger partial charge in [-0.2, -0.15) is 5.10 Å². The van der Waals surface area contributed by atoms with Gasteiger partial charge in [0.2, 0.25) is 5.82 Å². The highest BCUT2D eigenvalue weighted by Gasteiger charge is 2.08. The maximum absolute atomic E-state index is 5.30. The van der Waals surface area contributed by atoms with Crippen LogP contribution in [0.1, 0.15) is 29.4 Å². The van der Waals surface area contributed by atoms with Crippen molar-refractivity contribution in [2.75, 3.05) is 13.1 Å². The van der Waals surface area contributed by atoms with Crippen LogP contribution in [0.25, 0.3) is 11.6 Å². The van der Waals surface area contributed by atoms with E-state index in [1.807, 2.05) is 23.5 Å². The van der Waals surface area contributed by atoms with E-state index in [4.69, 9.17) is 4.42 Å². The van der Waals surface area contributed by atoms with Crippen molar-refractivity contribution in [1.29, 1.82) is 0 Å². The Kier molecular flexibility index (Phi) is 8.79. The first kappa shape index (κ1) is 21.4. The number of hydrogen-bond acceptors (Lipinski definition) is 5. The van der Waals surface area contributed by atoms with Gasteiger partial charge in [-0.1, -0.05) is 6.92 Å². The molecule has 0 amide bonds. The predicted molar refractivity (Wildman–Crippen MR) is 120 cm³/mol. The van der Waals surface area contributed by atoms with Crippen LogP contribution in [0, 0.1) is 0 Å². The minimum absolute atomic E-state index is 0. The molecule has 0 aliphatic rings. The monoisotopic (exact) mass is 500 g/mol. The summed E-state index contributed by atoms with van der Waals surface area (Å²) in [4.78, 5) is 11.8. The van der Waals surface area contributed by atoms with Crippen molar-refractivity contribution >= 4 is 41.3 Å². The fourth-order valence-electron chi connectivity index (χ4n) is 2.42. The molecule has 0 aliphatic heterocycles. The number of aromatic amines is 1. The molecule has 0 unspecified atom stereocenters. The van der Waals surface area contributed by atoms with Crippen molar-refractivity contribution in [3.8, 4) is 11.6 Å². The third kappa shape index (κ3) is 6.35. The Bertz CT molecular complexity index is 827. The molecular formula is C18H25IN6OS. The maximum atomic E-state index is 5.30. The van der Waals surface area contributed by atoms with Gasteiger partial charge in [0.15, 0.2) is 11.7 Å². The Balaban J connectivity index is 0.00000261. The van der Waals surface area contributed by atoms with Gasteiger partial charge in [0.25, 0.3) is 0 Å². The number of rotatable bonds is 8. The first-order chi connectivity index (χ1) is 12.8. The summed E-state index contributed by atoms with van der Waals surface area (Å²) in [6, 6.07) is 8.00. The Morgan fingerprint density at radius 3 is 2.78 bits per heavy atom. The highest BCUT2D eigenvalue weighted by Crippen LogP contribution is 2.17. The van der Waals surface area contributed by atoms with E-state index >= 15 is 0 Å². The lowest BCUT2D eigenvalue weighted by molar-refractivity contribution is 0.577. The topological polar surface area (TPSA) is 91.1 Å². The van der Waals surface area contributed by atoms with Crippen LogP contribution in [0.15, 0.2) is 39.9 Å². The molecule has 9 heteroatoms. The maximum Gasteiger partial charge on any atom is 0.216 e. The zero-order chi connectivity index (χ0) is 18.2. The molecule has 0 bridgehead atoms. The molecule has 3 heterocycles. The molecule has 0 spiro atoms. The number of nitrogens with one attached hydrogen (secondary N) is 3. The van der Waals surface area contributed by atoms with Gasteiger partial charge in [0.1, 0.15) is 5.82 Å². The molecule has 0 atom stereocenters. The van der Waals surface area contributed by atoms with E-state index in [0.717, 1.165) is 31.2 Å². The van der Waals surface area contributed by atoms with E-state index in [9.17, 15) is 0 Å². The van der Waals surface area contributed by atoms with Gasteiger partial charge in [0, 0.05) is 29.3 Å². The fraction of sp³-hybridized carbons (Fsp3) is 0.389. The van der Waals surface area contributed by atoms with Crippen molar-refractivity contribution < 1.29 is 4.42 Å². The van der Waals surface area contributed by atoms with Crippen LogP contribution in [-0.2, 0) is 19.4 Å². The molecule has 7 nitrogen and oxygen atoms in total. The molecule has 0 fully saturated rings. The average molecular weight is 500 g/mol. The zero-order valence-corrected chi connectivity index (χ0v) is 18.6. The van der Waals surface area contributed by atoms with Crippen LogP contribution in [0.5, 0.6) is 0 Å². The van der Waals surface area contributed by atoms with Gasteiger partial charge in [0.05, 0.1) is 12.8 Å². The van der Waals surface area contributed by atoms with Crippen LogP contribution >= 0.6 is 35.3 Å². The summed E-state index contributed by atoms with van der Waals surface area (Å²) in [5.74, 6) is 2.86. The normalized spacial score (nSPS) is 11.3. The van der Waals surface area contributed by atoms with Gasteiger partial charge in [-0.05, 0) is 37.6 Å². The molecule has 0 aliphatic carbocycles. The number of furan rings is 1. The number of aromatic nitrogens is 3. The second kappa shape index (κ2) is 11.1. The van der Waals surface area contributed by atoms with Crippen LogP contribution in [0.3, 0.4) is 0 Å². The molecule has 146 valence electrons. The second-order valence-corrected chi connectivity index (χ2v) is 6.93. The van der Waals surface area contributed by atoms with E-state index in [-0.39, 0.29) is 24.0 Å². The summed E-state index contributed by atoms with van der Waals surface area (Å²) in [5.41, 5.74) is 0. The van der Waals surface area contributed by atoms with Crippen molar-refractivity contribution in [2.24, 2.45) is 4.99 Å². The molecular weight excluding hydrogens is 475 g/mol. The first-order valence-electron chi connectivity index (χ1n) is 8.83. The van der Waals surface area contributed by atoms with Crippen molar-refractivity contribution in [3.63, 3.8) is 0 Å². The number of hydrogen-bond donors (Lipinski definition) is 3. The van der Waals surface area contributed by atoms with Crippen molar-refractivity contribution in [1.82, 2.24) is 25.8 Å². The molecule has 0 saturated heterocycles. The largest absolute Gasteiger partial charge is 0.461 e. The fourth-order valence-corrected chi connectivity index (χ4v) is 3.30. The van der Waals surface area contributed by atoms with E-state index in [0.29, 0.717) is 24.7 Å².